The summed E-state index contributed by atoms with van der Waals surface area (Å²) in [7, 11) is 0. The highest BCUT2D eigenvalue weighted by Crippen LogP contribution is 2.30. The van der Waals surface area contributed by atoms with Crippen LogP contribution in [0.25, 0.3) is 0 Å². The van der Waals surface area contributed by atoms with Gasteiger partial charge in [-0.2, -0.15) is 0 Å². The van der Waals surface area contributed by atoms with Crippen molar-refractivity contribution in [2.75, 3.05) is 31.9 Å². The van der Waals surface area contributed by atoms with Crippen molar-refractivity contribution < 1.29 is 13.6 Å². The molecule has 2 saturated heterocycles. The maximum absolute atomic E-state index is 13.5. The number of aromatic nitrogens is 1. The van der Waals surface area contributed by atoms with E-state index in [-0.39, 0.29) is 31.3 Å². The summed E-state index contributed by atoms with van der Waals surface area (Å²) in [5, 5.41) is 2.27. The van der Waals surface area contributed by atoms with Crippen LogP contribution in [0.2, 0.25) is 0 Å². The van der Waals surface area contributed by atoms with Crippen LogP contribution in [0.5, 0.6) is 0 Å². The molecular formula is C15H22F2N4OS. The van der Waals surface area contributed by atoms with E-state index in [1.54, 1.807) is 5.38 Å². The third kappa shape index (κ3) is 4.17. The fraction of sp³-hybridized carbons (Fsp3) is 0.733. The normalized spacial score (nSPS) is 23.1. The van der Waals surface area contributed by atoms with Crippen molar-refractivity contribution in [1.82, 2.24) is 14.8 Å². The second-order valence-electron chi connectivity index (χ2n) is 6.40. The fourth-order valence-corrected chi connectivity index (χ4v) is 4.02. The Balaban J connectivity index is 1.49. The van der Waals surface area contributed by atoms with Gasteiger partial charge in [0, 0.05) is 30.9 Å². The summed E-state index contributed by atoms with van der Waals surface area (Å²) in [4.78, 5) is 20.1. The number of nitrogen functional groups attached to an aromatic ring is 1. The smallest absolute Gasteiger partial charge is 0.260 e. The van der Waals surface area contributed by atoms with Crippen LogP contribution >= 0.6 is 11.3 Å². The van der Waals surface area contributed by atoms with E-state index in [0.29, 0.717) is 30.3 Å². The topological polar surface area (TPSA) is 62.5 Å². The molecule has 0 aliphatic carbocycles. The molecule has 0 spiro atoms. The maximum Gasteiger partial charge on any atom is 0.260 e. The second-order valence-corrected chi connectivity index (χ2v) is 7.29. The highest BCUT2D eigenvalue weighted by molar-refractivity contribution is 7.13. The Hall–Kier alpha value is -1.28. The lowest BCUT2D eigenvalue weighted by molar-refractivity contribution is -0.133. The van der Waals surface area contributed by atoms with E-state index in [0.717, 1.165) is 19.4 Å². The number of likely N-dealkylation sites (tertiary alicyclic amines) is 2. The van der Waals surface area contributed by atoms with Crippen molar-refractivity contribution in [3.05, 3.63) is 11.1 Å². The molecule has 0 unspecified atom stereocenters. The Labute approximate surface area is 138 Å². The van der Waals surface area contributed by atoms with Gasteiger partial charge in [-0.3, -0.25) is 9.69 Å². The van der Waals surface area contributed by atoms with Gasteiger partial charge in [-0.05, 0) is 25.8 Å². The van der Waals surface area contributed by atoms with Crippen LogP contribution < -0.4 is 5.73 Å². The number of halogens is 2. The van der Waals surface area contributed by atoms with Crippen LogP contribution in [0.4, 0.5) is 13.9 Å². The molecule has 2 aliphatic heterocycles. The summed E-state index contributed by atoms with van der Waals surface area (Å²) < 4.78 is 27.1. The van der Waals surface area contributed by atoms with Crippen molar-refractivity contribution in [2.45, 2.75) is 44.1 Å². The SMILES string of the molecule is Nc1nc(CC(=O)N2CCC(N3CCCC(F)(F)C3)CC2)cs1. The van der Waals surface area contributed by atoms with Crippen LogP contribution in [-0.4, -0.2) is 58.8 Å². The zero-order valence-corrected chi connectivity index (χ0v) is 13.8. The average Bonchev–Trinajstić information content (AvgIpc) is 2.91. The van der Waals surface area contributed by atoms with E-state index in [9.17, 15) is 13.6 Å². The molecule has 8 heteroatoms. The maximum atomic E-state index is 13.5. The van der Waals surface area contributed by atoms with Gasteiger partial charge in [0.2, 0.25) is 5.91 Å². The quantitative estimate of drug-likeness (QED) is 0.911. The molecule has 0 bridgehead atoms. The third-order valence-electron chi connectivity index (χ3n) is 4.66. The highest BCUT2D eigenvalue weighted by Gasteiger charge is 2.38. The number of nitrogens with zero attached hydrogens (tertiary/aromatic N) is 3. The molecule has 23 heavy (non-hydrogen) atoms. The van der Waals surface area contributed by atoms with E-state index < -0.39 is 5.92 Å². The summed E-state index contributed by atoms with van der Waals surface area (Å²) in [6, 6.07) is 0.167. The molecule has 0 saturated carbocycles. The zero-order valence-electron chi connectivity index (χ0n) is 13.0. The first-order valence-electron chi connectivity index (χ1n) is 8.02. The summed E-state index contributed by atoms with van der Waals surface area (Å²) >= 11 is 1.33. The molecule has 1 aromatic rings. The molecule has 1 amide bonds. The number of amides is 1. The van der Waals surface area contributed by atoms with Crippen molar-refractivity contribution >= 4 is 22.4 Å². The second kappa shape index (κ2) is 6.68. The number of thiazole rings is 1. The lowest BCUT2D eigenvalue weighted by atomic mass is 9.98. The van der Waals surface area contributed by atoms with Gasteiger partial charge in [-0.1, -0.05) is 0 Å². The monoisotopic (exact) mass is 344 g/mol. The minimum absolute atomic E-state index is 0.00238. The molecule has 2 aliphatic rings. The standard InChI is InChI=1S/C15H22F2N4OS/c16-15(17)4-1-5-21(10-15)12-2-6-20(7-3-12)13(22)8-11-9-23-14(18)19-11/h9,12H,1-8,10H2,(H2,18,19). The van der Waals surface area contributed by atoms with Crippen LogP contribution in [0.3, 0.4) is 0 Å². The molecule has 2 fully saturated rings. The van der Waals surface area contributed by atoms with Crippen molar-refractivity contribution in [1.29, 1.82) is 0 Å². The summed E-state index contributed by atoms with van der Waals surface area (Å²) in [5.74, 6) is -2.52. The van der Waals surface area contributed by atoms with Gasteiger partial charge in [0.15, 0.2) is 5.13 Å². The van der Waals surface area contributed by atoms with Crippen LogP contribution in [-0.2, 0) is 11.2 Å². The van der Waals surface area contributed by atoms with E-state index >= 15 is 0 Å². The highest BCUT2D eigenvalue weighted by atomic mass is 32.1. The predicted molar refractivity (Wildman–Crippen MR) is 85.6 cm³/mol. The molecule has 128 valence electrons. The number of nitrogens with two attached hydrogens (primary N) is 1. The Morgan fingerprint density at radius 2 is 2.13 bits per heavy atom. The van der Waals surface area contributed by atoms with Gasteiger partial charge in [-0.25, -0.2) is 13.8 Å². The number of hydrogen-bond donors (Lipinski definition) is 1. The molecule has 5 nitrogen and oxygen atoms in total. The van der Waals surface area contributed by atoms with Crippen molar-refractivity contribution in [3.8, 4) is 0 Å². The molecule has 0 aromatic carbocycles. The van der Waals surface area contributed by atoms with Crippen LogP contribution in [0, 0.1) is 0 Å². The molecule has 1 aromatic heterocycles. The molecule has 2 N–H and O–H groups in total. The van der Waals surface area contributed by atoms with Gasteiger partial charge in [0.25, 0.3) is 5.92 Å². The zero-order chi connectivity index (χ0) is 16.4. The minimum Gasteiger partial charge on any atom is -0.375 e. The van der Waals surface area contributed by atoms with Gasteiger partial charge < -0.3 is 10.6 Å². The van der Waals surface area contributed by atoms with E-state index in [4.69, 9.17) is 5.73 Å². The largest absolute Gasteiger partial charge is 0.375 e. The van der Waals surface area contributed by atoms with Crippen molar-refractivity contribution in [2.24, 2.45) is 0 Å². The van der Waals surface area contributed by atoms with Crippen LogP contribution in [0.15, 0.2) is 5.38 Å². The summed E-state index contributed by atoms with van der Waals surface area (Å²) in [6.07, 6.45) is 2.34. The van der Waals surface area contributed by atoms with E-state index in [1.807, 2.05) is 9.80 Å². The first-order chi connectivity index (χ1) is 10.9. The Morgan fingerprint density at radius 3 is 2.74 bits per heavy atom. The number of anilines is 1. The molecule has 0 atom stereocenters. The number of carbonyl (C=O) groups is 1. The molecule has 3 heterocycles. The lowest BCUT2D eigenvalue weighted by Gasteiger charge is -2.42. The van der Waals surface area contributed by atoms with Crippen LogP contribution in [0.1, 0.15) is 31.4 Å². The average molecular weight is 344 g/mol. The molecule has 0 radical (unpaired) electrons. The third-order valence-corrected chi connectivity index (χ3v) is 5.38. The fourth-order valence-electron chi connectivity index (χ4n) is 3.46. The molecular weight excluding hydrogens is 322 g/mol. The lowest BCUT2D eigenvalue weighted by Crippen LogP contribution is -2.52. The Bertz CT molecular complexity index is 557. The number of hydrogen-bond acceptors (Lipinski definition) is 5. The van der Waals surface area contributed by atoms with Gasteiger partial charge >= 0.3 is 0 Å². The van der Waals surface area contributed by atoms with Crippen molar-refractivity contribution in [3.63, 3.8) is 0 Å². The number of rotatable bonds is 3. The Kier molecular flexibility index (Phi) is 4.82. The van der Waals surface area contributed by atoms with Gasteiger partial charge in [-0.15, -0.1) is 11.3 Å². The van der Waals surface area contributed by atoms with E-state index in [2.05, 4.69) is 4.98 Å². The Morgan fingerprint density at radius 1 is 1.39 bits per heavy atom. The van der Waals surface area contributed by atoms with E-state index in [1.165, 1.54) is 11.3 Å². The summed E-state index contributed by atoms with van der Waals surface area (Å²) in [6.45, 7) is 1.87. The van der Waals surface area contributed by atoms with Gasteiger partial charge in [0.05, 0.1) is 18.7 Å². The summed E-state index contributed by atoms with van der Waals surface area (Å²) in [5.41, 5.74) is 6.28. The number of alkyl halides is 2. The van der Waals surface area contributed by atoms with Gasteiger partial charge in [0.1, 0.15) is 0 Å². The first-order valence-corrected chi connectivity index (χ1v) is 8.90. The molecule has 3 rings (SSSR count). The first kappa shape index (κ1) is 16.6. The minimum atomic E-state index is -2.56. The predicted octanol–water partition coefficient (Wildman–Crippen LogP) is 1.99. The number of carbonyl (C=O) groups excluding carboxylic acids is 1. The number of piperidine rings is 2.